The Morgan fingerprint density at radius 1 is 0.912 bits per heavy atom. The summed E-state index contributed by atoms with van der Waals surface area (Å²) < 4.78 is 77.3. The molecule has 1 fully saturated rings. The molecule has 2 rings (SSSR count). The van der Waals surface area contributed by atoms with Crippen LogP contribution in [0.5, 0.6) is 5.75 Å². The summed E-state index contributed by atoms with van der Waals surface area (Å²) in [5.74, 6) is -15.4. The Kier molecular flexibility index (Phi) is 8.15. The summed E-state index contributed by atoms with van der Waals surface area (Å²) >= 11 is 0. The molecule has 0 aliphatic heterocycles. The standard InChI is InChI=1S/C22H27F5N2O5/c1-6-29(20(32)34-21(2,3)4)22(9-7-8-10-22)19(31)28(5)11-12(30)33-18-16(26)14(24)13(23)15(25)17(18)27/h6-11H2,1-5H3. The Labute approximate surface area is 193 Å². The molecule has 2 amide bonds. The fourth-order valence-electron chi connectivity index (χ4n) is 3.92. The van der Waals surface area contributed by atoms with Gasteiger partial charge in [0.2, 0.25) is 40.7 Å². The lowest BCUT2D eigenvalue weighted by atomic mass is 9.93. The molecule has 190 valence electrons. The summed E-state index contributed by atoms with van der Waals surface area (Å²) in [6, 6.07) is 0. The molecule has 0 radical (unpaired) electrons. The molecule has 1 aromatic rings. The lowest BCUT2D eigenvalue weighted by Gasteiger charge is -2.41. The van der Waals surface area contributed by atoms with Crippen LogP contribution in [0.4, 0.5) is 26.7 Å². The third kappa shape index (κ3) is 5.41. The van der Waals surface area contributed by atoms with Gasteiger partial charge in [-0.3, -0.25) is 9.69 Å². The van der Waals surface area contributed by atoms with Gasteiger partial charge in [0.05, 0.1) is 0 Å². The first kappa shape index (κ1) is 27.3. The number of halogens is 5. The first-order chi connectivity index (χ1) is 15.7. The van der Waals surface area contributed by atoms with E-state index in [0.29, 0.717) is 12.8 Å². The minimum absolute atomic E-state index is 0.128. The first-order valence-corrected chi connectivity index (χ1v) is 10.6. The van der Waals surface area contributed by atoms with Crippen molar-refractivity contribution in [2.24, 2.45) is 0 Å². The van der Waals surface area contributed by atoms with Crippen LogP contribution in [-0.4, -0.2) is 59.0 Å². The van der Waals surface area contributed by atoms with E-state index in [1.54, 1.807) is 27.7 Å². The van der Waals surface area contributed by atoms with E-state index >= 15 is 0 Å². The van der Waals surface area contributed by atoms with Crippen molar-refractivity contribution in [3.8, 4) is 5.75 Å². The summed E-state index contributed by atoms with van der Waals surface area (Å²) in [6.45, 7) is 5.93. The van der Waals surface area contributed by atoms with E-state index in [4.69, 9.17) is 4.74 Å². The summed E-state index contributed by atoms with van der Waals surface area (Å²) in [7, 11) is 1.20. The number of rotatable bonds is 6. The second-order valence-electron chi connectivity index (χ2n) is 9.00. The Morgan fingerprint density at radius 2 is 1.38 bits per heavy atom. The van der Waals surface area contributed by atoms with E-state index in [9.17, 15) is 36.3 Å². The normalized spacial score (nSPS) is 15.1. The number of esters is 1. The van der Waals surface area contributed by atoms with Crippen molar-refractivity contribution in [1.29, 1.82) is 0 Å². The predicted octanol–water partition coefficient (Wildman–Crippen LogP) is 4.32. The molecule has 1 saturated carbocycles. The van der Waals surface area contributed by atoms with Gasteiger partial charge in [-0.1, -0.05) is 12.8 Å². The third-order valence-electron chi connectivity index (χ3n) is 5.37. The third-order valence-corrected chi connectivity index (χ3v) is 5.37. The fourth-order valence-corrected chi connectivity index (χ4v) is 3.92. The zero-order valence-electron chi connectivity index (χ0n) is 19.6. The van der Waals surface area contributed by atoms with Gasteiger partial charge in [0, 0.05) is 13.6 Å². The Hall–Kier alpha value is -2.92. The molecule has 0 atom stereocenters. The Balaban J connectivity index is 2.24. The molecule has 12 heteroatoms. The number of likely N-dealkylation sites (N-methyl/N-ethyl adjacent to an activating group) is 2. The molecular weight excluding hydrogens is 467 g/mol. The smallest absolute Gasteiger partial charge is 0.411 e. The van der Waals surface area contributed by atoms with Gasteiger partial charge in [-0.25, -0.2) is 22.8 Å². The molecule has 0 N–H and O–H groups in total. The van der Waals surface area contributed by atoms with Crippen LogP contribution in [0.3, 0.4) is 0 Å². The van der Waals surface area contributed by atoms with Gasteiger partial charge >= 0.3 is 12.1 Å². The van der Waals surface area contributed by atoms with Crippen molar-refractivity contribution < 1.29 is 45.8 Å². The molecule has 0 unspecified atom stereocenters. The van der Waals surface area contributed by atoms with Crippen molar-refractivity contribution >= 4 is 18.0 Å². The second-order valence-corrected chi connectivity index (χ2v) is 9.00. The number of carbonyl (C=O) groups is 3. The SMILES string of the molecule is CCN(C(=O)OC(C)(C)C)C1(C(=O)N(C)CC(=O)Oc2c(F)c(F)c(F)c(F)c2F)CCCC1. The van der Waals surface area contributed by atoms with E-state index < -0.39 is 70.5 Å². The number of carbonyl (C=O) groups excluding carboxylic acids is 3. The zero-order valence-corrected chi connectivity index (χ0v) is 19.6. The average Bonchev–Trinajstić information content (AvgIpc) is 3.23. The summed E-state index contributed by atoms with van der Waals surface area (Å²) in [5.41, 5.74) is -2.15. The van der Waals surface area contributed by atoms with Gasteiger partial charge < -0.3 is 14.4 Å². The quantitative estimate of drug-likeness (QED) is 0.194. The number of hydrogen-bond acceptors (Lipinski definition) is 5. The van der Waals surface area contributed by atoms with Gasteiger partial charge in [-0.2, -0.15) is 8.78 Å². The van der Waals surface area contributed by atoms with Gasteiger partial charge in [0.15, 0.2) is 0 Å². The van der Waals surface area contributed by atoms with Crippen LogP contribution in [-0.2, 0) is 14.3 Å². The molecule has 0 spiro atoms. The summed E-state index contributed by atoms with van der Waals surface area (Å²) in [4.78, 5) is 40.5. The fraction of sp³-hybridized carbons (Fsp3) is 0.591. The van der Waals surface area contributed by atoms with Crippen LogP contribution in [0.15, 0.2) is 0 Å². The number of nitrogens with zero attached hydrogens (tertiary/aromatic N) is 2. The molecule has 1 aliphatic rings. The maximum atomic E-state index is 13.8. The van der Waals surface area contributed by atoms with Crippen LogP contribution < -0.4 is 4.74 Å². The van der Waals surface area contributed by atoms with Crippen molar-refractivity contribution in [1.82, 2.24) is 9.80 Å². The van der Waals surface area contributed by atoms with Crippen LogP contribution in [0.2, 0.25) is 0 Å². The van der Waals surface area contributed by atoms with Gasteiger partial charge in [0.1, 0.15) is 17.7 Å². The zero-order chi connectivity index (χ0) is 26.0. The van der Waals surface area contributed by atoms with E-state index in [1.165, 1.54) is 11.9 Å². The van der Waals surface area contributed by atoms with Crippen LogP contribution in [0, 0.1) is 29.1 Å². The monoisotopic (exact) mass is 494 g/mol. The van der Waals surface area contributed by atoms with Crippen LogP contribution >= 0.6 is 0 Å². The molecule has 0 aromatic heterocycles. The van der Waals surface area contributed by atoms with Crippen molar-refractivity contribution in [2.45, 2.75) is 64.5 Å². The van der Waals surface area contributed by atoms with Crippen molar-refractivity contribution in [3.63, 3.8) is 0 Å². The van der Waals surface area contributed by atoms with Gasteiger partial charge in [-0.05, 0) is 40.5 Å². The molecule has 0 saturated heterocycles. The Bertz CT molecular complexity index is 944. The number of amides is 2. The molecule has 0 bridgehead atoms. The van der Waals surface area contributed by atoms with E-state index in [2.05, 4.69) is 4.74 Å². The minimum Gasteiger partial charge on any atom is -0.444 e. The number of ether oxygens (including phenoxy) is 2. The maximum Gasteiger partial charge on any atom is 0.411 e. The first-order valence-electron chi connectivity index (χ1n) is 10.6. The molecule has 7 nitrogen and oxygen atoms in total. The number of benzene rings is 1. The lowest BCUT2D eigenvalue weighted by molar-refractivity contribution is -0.148. The average molecular weight is 494 g/mol. The van der Waals surface area contributed by atoms with E-state index in [1.807, 2.05) is 0 Å². The highest BCUT2D eigenvalue weighted by Crippen LogP contribution is 2.38. The molecule has 1 aromatic carbocycles. The largest absolute Gasteiger partial charge is 0.444 e. The highest BCUT2D eigenvalue weighted by Gasteiger charge is 2.50. The second kappa shape index (κ2) is 10.1. The highest BCUT2D eigenvalue weighted by atomic mass is 19.2. The van der Waals surface area contributed by atoms with Crippen molar-refractivity contribution in [2.75, 3.05) is 20.1 Å². The molecule has 1 aliphatic carbocycles. The van der Waals surface area contributed by atoms with Gasteiger partial charge in [-0.15, -0.1) is 0 Å². The highest BCUT2D eigenvalue weighted by molar-refractivity contribution is 5.92. The topological polar surface area (TPSA) is 76.2 Å². The summed E-state index contributed by atoms with van der Waals surface area (Å²) in [5, 5.41) is 0. The summed E-state index contributed by atoms with van der Waals surface area (Å²) in [6.07, 6.45) is 1.09. The minimum atomic E-state index is -2.40. The predicted molar refractivity (Wildman–Crippen MR) is 109 cm³/mol. The van der Waals surface area contributed by atoms with E-state index in [-0.39, 0.29) is 19.4 Å². The van der Waals surface area contributed by atoms with E-state index in [0.717, 1.165) is 4.90 Å². The molecular formula is C22H27F5N2O5. The Morgan fingerprint density at radius 3 is 1.82 bits per heavy atom. The molecule has 34 heavy (non-hydrogen) atoms. The van der Waals surface area contributed by atoms with Crippen LogP contribution in [0.1, 0.15) is 53.4 Å². The molecule has 0 heterocycles. The van der Waals surface area contributed by atoms with Crippen molar-refractivity contribution in [3.05, 3.63) is 29.1 Å². The van der Waals surface area contributed by atoms with Crippen LogP contribution in [0.25, 0.3) is 0 Å². The lowest BCUT2D eigenvalue weighted by Crippen LogP contribution is -2.60. The maximum absolute atomic E-state index is 13.8. The van der Waals surface area contributed by atoms with Gasteiger partial charge in [0.25, 0.3) is 0 Å². The number of hydrogen-bond donors (Lipinski definition) is 0.